The number of carboxylic acids is 1. The zero-order valence-corrected chi connectivity index (χ0v) is 11.2. The summed E-state index contributed by atoms with van der Waals surface area (Å²) in [4.78, 5) is 13.7. The molecular weight excluding hydrogens is 216 g/mol. The molecule has 0 amide bonds. The number of carbonyl (C=O) groups is 1. The fourth-order valence-electron chi connectivity index (χ4n) is 2.44. The maximum atomic E-state index is 11.5. The summed E-state index contributed by atoms with van der Waals surface area (Å²) in [5, 5.41) is 12.8. The Balaban J connectivity index is 2.49. The highest BCUT2D eigenvalue weighted by Gasteiger charge is 2.37. The summed E-state index contributed by atoms with van der Waals surface area (Å²) < 4.78 is 0. The molecule has 0 aromatic rings. The van der Waals surface area contributed by atoms with E-state index in [4.69, 9.17) is 0 Å². The molecule has 0 heterocycles. The smallest absolute Gasteiger partial charge is 0.323 e. The molecule has 2 N–H and O–H groups in total. The van der Waals surface area contributed by atoms with Gasteiger partial charge in [-0.3, -0.25) is 4.79 Å². The summed E-state index contributed by atoms with van der Waals surface area (Å²) in [6.07, 6.45) is 5.96. The Labute approximate surface area is 104 Å². The Morgan fingerprint density at radius 1 is 1.29 bits per heavy atom. The zero-order valence-electron chi connectivity index (χ0n) is 11.2. The summed E-state index contributed by atoms with van der Waals surface area (Å²) in [6.45, 7) is 4.78. The van der Waals surface area contributed by atoms with Gasteiger partial charge in [0.2, 0.25) is 0 Å². The van der Waals surface area contributed by atoms with E-state index in [0.29, 0.717) is 0 Å². The van der Waals surface area contributed by atoms with Crippen LogP contribution in [0, 0.1) is 0 Å². The topological polar surface area (TPSA) is 52.6 Å². The standard InChI is InChI=1S/C13H26N2O2/c1-3-15(2)11-10-14-13(12(16)17)8-6-4-5-7-9-13/h14H,3-11H2,1-2H3,(H,16,17). The Hall–Kier alpha value is -0.610. The fraction of sp³-hybridized carbons (Fsp3) is 0.923. The van der Waals surface area contributed by atoms with E-state index in [1.165, 1.54) is 12.8 Å². The average molecular weight is 242 g/mol. The molecule has 100 valence electrons. The van der Waals surface area contributed by atoms with E-state index in [1.807, 2.05) is 0 Å². The highest BCUT2D eigenvalue weighted by Crippen LogP contribution is 2.27. The molecule has 17 heavy (non-hydrogen) atoms. The van der Waals surface area contributed by atoms with Gasteiger partial charge in [0, 0.05) is 13.1 Å². The second kappa shape index (κ2) is 6.97. The maximum absolute atomic E-state index is 11.5. The van der Waals surface area contributed by atoms with Crippen molar-refractivity contribution in [1.82, 2.24) is 10.2 Å². The maximum Gasteiger partial charge on any atom is 0.323 e. The summed E-state index contributed by atoms with van der Waals surface area (Å²) >= 11 is 0. The Morgan fingerprint density at radius 3 is 2.35 bits per heavy atom. The van der Waals surface area contributed by atoms with Gasteiger partial charge < -0.3 is 15.3 Å². The van der Waals surface area contributed by atoms with Crippen molar-refractivity contribution in [2.24, 2.45) is 0 Å². The highest BCUT2D eigenvalue weighted by atomic mass is 16.4. The molecule has 0 atom stereocenters. The van der Waals surface area contributed by atoms with E-state index in [9.17, 15) is 9.90 Å². The van der Waals surface area contributed by atoms with Gasteiger partial charge in [0.15, 0.2) is 0 Å². The third-order valence-electron chi connectivity index (χ3n) is 3.86. The van der Waals surface area contributed by atoms with Crippen LogP contribution in [0.5, 0.6) is 0 Å². The van der Waals surface area contributed by atoms with Crippen molar-refractivity contribution in [1.29, 1.82) is 0 Å². The van der Waals surface area contributed by atoms with E-state index >= 15 is 0 Å². The molecule has 0 aromatic carbocycles. The Kier molecular flexibility index (Phi) is 5.92. The van der Waals surface area contributed by atoms with Gasteiger partial charge in [-0.25, -0.2) is 0 Å². The largest absolute Gasteiger partial charge is 0.480 e. The fourth-order valence-corrected chi connectivity index (χ4v) is 2.44. The Morgan fingerprint density at radius 2 is 1.88 bits per heavy atom. The van der Waals surface area contributed by atoms with E-state index in [-0.39, 0.29) is 0 Å². The molecule has 1 aliphatic carbocycles. The van der Waals surface area contributed by atoms with Crippen molar-refractivity contribution in [3.05, 3.63) is 0 Å². The summed E-state index contributed by atoms with van der Waals surface area (Å²) in [6, 6.07) is 0. The molecule has 4 nitrogen and oxygen atoms in total. The van der Waals surface area contributed by atoms with E-state index in [2.05, 4.69) is 24.2 Å². The SMILES string of the molecule is CCN(C)CCNC1(C(=O)O)CCCCCC1. The van der Waals surface area contributed by atoms with Crippen molar-refractivity contribution in [3.8, 4) is 0 Å². The average Bonchev–Trinajstić information content (AvgIpc) is 2.55. The van der Waals surface area contributed by atoms with Crippen molar-refractivity contribution in [2.45, 2.75) is 51.0 Å². The monoisotopic (exact) mass is 242 g/mol. The zero-order chi connectivity index (χ0) is 12.7. The predicted octanol–water partition coefficient (Wildman–Crippen LogP) is 1.71. The lowest BCUT2D eigenvalue weighted by atomic mass is 9.90. The van der Waals surface area contributed by atoms with Gasteiger partial charge in [0.25, 0.3) is 0 Å². The molecule has 1 rings (SSSR count). The number of nitrogens with zero attached hydrogens (tertiary/aromatic N) is 1. The van der Waals surface area contributed by atoms with Crippen molar-refractivity contribution in [3.63, 3.8) is 0 Å². The molecule has 1 fully saturated rings. The van der Waals surface area contributed by atoms with Crippen LogP contribution in [-0.4, -0.2) is 48.2 Å². The molecule has 0 bridgehead atoms. The van der Waals surface area contributed by atoms with Crippen LogP contribution < -0.4 is 5.32 Å². The first-order valence-electron chi connectivity index (χ1n) is 6.78. The highest BCUT2D eigenvalue weighted by molar-refractivity contribution is 5.78. The third kappa shape index (κ3) is 4.28. The first kappa shape index (κ1) is 14.5. The molecule has 0 unspecified atom stereocenters. The van der Waals surface area contributed by atoms with Gasteiger partial charge in [0.05, 0.1) is 0 Å². The van der Waals surface area contributed by atoms with E-state index in [0.717, 1.165) is 45.3 Å². The molecule has 0 spiro atoms. The first-order chi connectivity index (χ1) is 8.10. The summed E-state index contributed by atoms with van der Waals surface area (Å²) in [7, 11) is 2.06. The third-order valence-corrected chi connectivity index (χ3v) is 3.86. The van der Waals surface area contributed by atoms with Crippen LogP contribution in [-0.2, 0) is 4.79 Å². The molecule has 1 aliphatic rings. The number of nitrogens with one attached hydrogen (secondary N) is 1. The minimum Gasteiger partial charge on any atom is -0.480 e. The van der Waals surface area contributed by atoms with Gasteiger partial charge in [-0.05, 0) is 26.4 Å². The minimum absolute atomic E-state index is 0.662. The van der Waals surface area contributed by atoms with Gasteiger partial charge in [-0.15, -0.1) is 0 Å². The quantitative estimate of drug-likeness (QED) is 0.696. The molecule has 0 aromatic heterocycles. The number of rotatable bonds is 6. The van der Waals surface area contributed by atoms with Crippen molar-refractivity contribution in [2.75, 3.05) is 26.7 Å². The number of hydrogen-bond acceptors (Lipinski definition) is 3. The first-order valence-corrected chi connectivity index (χ1v) is 6.78. The lowest BCUT2D eigenvalue weighted by Crippen LogP contribution is -2.53. The van der Waals surface area contributed by atoms with Crippen molar-refractivity contribution >= 4 is 5.97 Å². The van der Waals surface area contributed by atoms with Gasteiger partial charge in [-0.2, -0.15) is 0 Å². The summed E-state index contributed by atoms with van der Waals surface area (Å²) in [5.74, 6) is -0.668. The molecule has 4 heteroatoms. The molecule has 0 radical (unpaired) electrons. The second-order valence-electron chi connectivity index (χ2n) is 5.12. The molecule has 1 saturated carbocycles. The van der Waals surface area contributed by atoms with Gasteiger partial charge in [-0.1, -0.05) is 32.6 Å². The van der Waals surface area contributed by atoms with Crippen LogP contribution in [0.3, 0.4) is 0 Å². The van der Waals surface area contributed by atoms with Gasteiger partial charge >= 0.3 is 5.97 Å². The number of carboxylic acid groups (broad SMARTS) is 1. The predicted molar refractivity (Wildman–Crippen MR) is 69.2 cm³/mol. The van der Waals surface area contributed by atoms with Crippen LogP contribution in [0.4, 0.5) is 0 Å². The normalized spacial score (nSPS) is 20.2. The van der Waals surface area contributed by atoms with Crippen LogP contribution in [0.2, 0.25) is 0 Å². The lowest BCUT2D eigenvalue weighted by Gasteiger charge is -2.30. The van der Waals surface area contributed by atoms with E-state index < -0.39 is 11.5 Å². The van der Waals surface area contributed by atoms with Gasteiger partial charge in [0.1, 0.15) is 5.54 Å². The number of likely N-dealkylation sites (N-methyl/N-ethyl adjacent to an activating group) is 1. The van der Waals surface area contributed by atoms with Crippen LogP contribution >= 0.6 is 0 Å². The van der Waals surface area contributed by atoms with Crippen LogP contribution in [0.15, 0.2) is 0 Å². The molecule has 0 saturated heterocycles. The van der Waals surface area contributed by atoms with Crippen LogP contribution in [0.1, 0.15) is 45.4 Å². The van der Waals surface area contributed by atoms with E-state index in [1.54, 1.807) is 0 Å². The van der Waals surface area contributed by atoms with Crippen LogP contribution in [0.25, 0.3) is 0 Å². The Bertz CT molecular complexity index is 236. The number of hydrogen-bond donors (Lipinski definition) is 2. The van der Waals surface area contributed by atoms with Crippen molar-refractivity contribution < 1.29 is 9.90 Å². The molecule has 0 aliphatic heterocycles. The summed E-state index contributed by atoms with van der Waals surface area (Å²) in [5.41, 5.74) is -0.662. The molecular formula is C13H26N2O2. The lowest BCUT2D eigenvalue weighted by molar-refractivity contribution is -0.145. The number of aliphatic carboxylic acids is 1. The minimum atomic E-state index is -0.668. The second-order valence-corrected chi connectivity index (χ2v) is 5.12.